The van der Waals surface area contributed by atoms with Gasteiger partial charge in [-0.15, -0.1) is 6.42 Å². The first kappa shape index (κ1) is 28.8. The molecule has 4 aliphatic heterocycles. The van der Waals surface area contributed by atoms with Crippen molar-refractivity contribution in [1.82, 2.24) is 25.2 Å². The average molecular weight is 643 g/mol. The number of pyridine rings is 1. The zero-order chi connectivity index (χ0) is 32.1. The van der Waals surface area contributed by atoms with Gasteiger partial charge in [0, 0.05) is 43.0 Å². The molecule has 4 aromatic rings. The van der Waals surface area contributed by atoms with E-state index in [0.717, 1.165) is 45.3 Å². The van der Waals surface area contributed by atoms with Crippen molar-refractivity contribution in [3.05, 3.63) is 41.5 Å². The molecule has 1 aliphatic carbocycles. The predicted molar refractivity (Wildman–Crippen MR) is 170 cm³/mol. The van der Waals surface area contributed by atoms with E-state index >= 15 is 4.39 Å². The first-order chi connectivity index (χ1) is 22.8. The van der Waals surface area contributed by atoms with Gasteiger partial charge in [-0.1, -0.05) is 12.0 Å². The van der Waals surface area contributed by atoms with Crippen molar-refractivity contribution >= 4 is 27.5 Å². The molecule has 12 heteroatoms. The van der Waals surface area contributed by atoms with Crippen molar-refractivity contribution in [1.29, 1.82) is 0 Å². The van der Waals surface area contributed by atoms with Crippen LogP contribution in [-0.4, -0.2) is 88.6 Å². The second-order valence-electron chi connectivity index (χ2n) is 13.9. The van der Waals surface area contributed by atoms with Crippen LogP contribution in [0.5, 0.6) is 17.6 Å². The SMILES string of the molecule is C#Cc1c(F)ccc2cc(O)cc(-c3nc4c5c(nc(OC[C@@]67CCCN6C[C@H](F)C7)nc5c3F)N(C3CC5(CNC5)C3)CCO4)c12. The molecular formula is C35H33F3N6O3. The lowest BCUT2D eigenvalue weighted by molar-refractivity contribution is 0.0346. The number of terminal acetylenes is 1. The maximum Gasteiger partial charge on any atom is 0.319 e. The minimum absolute atomic E-state index is 0.0135. The van der Waals surface area contributed by atoms with E-state index in [9.17, 15) is 13.9 Å². The summed E-state index contributed by atoms with van der Waals surface area (Å²) in [6.07, 6.45) is 8.86. The molecule has 4 fully saturated rings. The van der Waals surface area contributed by atoms with E-state index in [2.05, 4.69) is 31.0 Å². The number of anilines is 1. The Bertz CT molecular complexity index is 2010. The minimum Gasteiger partial charge on any atom is -0.508 e. The first-order valence-electron chi connectivity index (χ1n) is 16.2. The molecule has 5 aliphatic rings. The van der Waals surface area contributed by atoms with Gasteiger partial charge in [-0.25, -0.2) is 18.2 Å². The summed E-state index contributed by atoms with van der Waals surface area (Å²) < 4.78 is 59.0. The fourth-order valence-corrected chi connectivity index (χ4v) is 8.69. The molecule has 6 heterocycles. The number of nitrogens with zero attached hydrogens (tertiary/aromatic N) is 5. The molecule has 0 unspecified atom stereocenters. The Morgan fingerprint density at radius 2 is 1.96 bits per heavy atom. The summed E-state index contributed by atoms with van der Waals surface area (Å²) in [7, 11) is 0. The van der Waals surface area contributed by atoms with E-state index in [1.807, 2.05) is 0 Å². The van der Waals surface area contributed by atoms with E-state index in [1.165, 1.54) is 24.3 Å². The molecule has 9 rings (SSSR count). The molecule has 0 bridgehead atoms. The average Bonchev–Trinajstić information content (AvgIpc) is 3.47. The highest BCUT2D eigenvalue weighted by atomic mass is 19.1. The Labute approximate surface area is 269 Å². The van der Waals surface area contributed by atoms with Crippen LogP contribution >= 0.6 is 0 Å². The molecule has 242 valence electrons. The number of aromatic nitrogens is 3. The van der Waals surface area contributed by atoms with Crippen molar-refractivity contribution in [2.24, 2.45) is 5.41 Å². The molecule has 2 N–H and O–H groups in total. The Morgan fingerprint density at radius 3 is 2.74 bits per heavy atom. The molecular weight excluding hydrogens is 609 g/mol. The van der Waals surface area contributed by atoms with Gasteiger partial charge in [0.2, 0.25) is 5.88 Å². The molecule has 3 saturated heterocycles. The van der Waals surface area contributed by atoms with Crippen LogP contribution in [0.3, 0.4) is 0 Å². The molecule has 0 radical (unpaired) electrons. The fraction of sp³-hybridized carbons (Fsp3) is 0.457. The van der Waals surface area contributed by atoms with Crippen LogP contribution in [-0.2, 0) is 0 Å². The standard InChI is InChI=1S/C35H33F3N6O3/c1-2-23-25(37)5-4-19-10-22(45)11-24(26(19)23)29-28(38)30-27-31(42-33(41-30)47-18-35-6-3-7-43(35)15-20(36)12-35)44(8-9-46-32(27)40-29)21-13-34(14-21)16-39-17-34/h1,4-5,10-11,20-21,39,45H,3,6-9,12-18H2/t20-,35+/m1/s1. The predicted octanol–water partition coefficient (Wildman–Crippen LogP) is 4.72. The third-order valence-electron chi connectivity index (χ3n) is 11.0. The number of alkyl halides is 1. The highest BCUT2D eigenvalue weighted by molar-refractivity contribution is 6.04. The number of aromatic hydroxyl groups is 1. The number of hydrogen-bond acceptors (Lipinski definition) is 9. The fourth-order valence-electron chi connectivity index (χ4n) is 8.69. The molecule has 2 aromatic carbocycles. The number of ether oxygens (including phenoxy) is 2. The number of nitrogens with one attached hydrogen (secondary N) is 1. The number of rotatable bonds is 5. The van der Waals surface area contributed by atoms with Gasteiger partial charge < -0.3 is 24.8 Å². The van der Waals surface area contributed by atoms with Gasteiger partial charge in [-0.05, 0) is 61.2 Å². The number of hydrogen-bond donors (Lipinski definition) is 2. The molecule has 0 amide bonds. The zero-order valence-electron chi connectivity index (χ0n) is 25.7. The lowest BCUT2D eigenvalue weighted by Gasteiger charge is -2.57. The lowest BCUT2D eigenvalue weighted by Crippen LogP contribution is -2.65. The molecule has 2 aromatic heterocycles. The van der Waals surface area contributed by atoms with E-state index < -0.39 is 23.3 Å². The van der Waals surface area contributed by atoms with Gasteiger partial charge in [0.1, 0.15) is 53.4 Å². The summed E-state index contributed by atoms with van der Waals surface area (Å²) in [6, 6.07) is 5.60. The third-order valence-corrected chi connectivity index (χ3v) is 11.0. The van der Waals surface area contributed by atoms with Crippen molar-refractivity contribution in [3.8, 4) is 41.2 Å². The van der Waals surface area contributed by atoms with E-state index in [0.29, 0.717) is 36.1 Å². The van der Waals surface area contributed by atoms with Gasteiger partial charge in [0.15, 0.2) is 5.82 Å². The van der Waals surface area contributed by atoms with Crippen LogP contribution in [0.25, 0.3) is 32.9 Å². The van der Waals surface area contributed by atoms with Crippen LogP contribution in [0.15, 0.2) is 24.3 Å². The highest BCUT2D eigenvalue weighted by Crippen LogP contribution is 2.50. The first-order valence-corrected chi connectivity index (χ1v) is 16.2. The van der Waals surface area contributed by atoms with Crippen molar-refractivity contribution < 1.29 is 27.8 Å². The molecule has 47 heavy (non-hydrogen) atoms. The van der Waals surface area contributed by atoms with Crippen LogP contribution in [0.1, 0.15) is 37.7 Å². The van der Waals surface area contributed by atoms with Gasteiger partial charge in [-0.3, -0.25) is 4.90 Å². The smallest absolute Gasteiger partial charge is 0.319 e. The van der Waals surface area contributed by atoms with Crippen LogP contribution < -0.4 is 19.7 Å². The van der Waals surface area contributed by atoms with E-state index in [1.54, 1.807) is 0 Å². The second kappa shape index (κ2) is 10.3. The second-order valence-corrected chi connectivity index (χ2v) is 13.9. The van der Waals surface area contributed by atoms with Crippen molar-refractivity contribution in [2.75, 3.05) is 50.8 Å². The summed E-state index contributed by atoms with van der Waals surface area (Å²) in [5.41, 5.74) is -0.404. The number of phenols is 1. The summed E-state index contributed by atoms with van der Waals surface area (Å²) in [6.45, 7) is 4.08. The number of phenolic OH excluding ortho intramolecular Hbond substituents is 1. The summed E-state index contributed by atoms with van der Waals surface area (Å²) >= 11 is 0. The Hall–Kier alpha value is -4.34. The third kappa shape index (κ3) is 4.36. The maximum atomic E-state index is 17.0. The van der Waals surface area contributed by atoms with Gasteiger partial charge in [0.05, 0.1) is 17.6 Å². The number of halogens is 3. The maximum absolute atomic E-state index is 17.0. The Balaban J connectivity index is 1.22. The van der Waals surface area contributed by atoms with E-state index in [-0.39, 0.29) is 70.0 Å². The van der Waals surface area contributed by atoms with Gasteiger partial charge >= 0.3 is 6.01 Å². The monoisotopic (exact) mass is 642 g/mol. The Morgan fingerprint density at radius 1 is 1.11 bits per heavy atom. The van der Waals surface area contributed by atoms with Crippen LogP contribution in [0.2, 0.25) is 0 Å². The molecule has 1 spiro atoms. The highest BCUT2D eigenvalue weighted by Gasteiger charge is 2.52. The van der Waals surface area contributed by atoms with Crippen LogP contribution in [0.4, 0.5) is 19.0 Å². The molecule has 9 nitrogen and oxygen atoms in total. The molecule has 2 atom stereocenters. The normalized spacial score (nSPS) is 24.9. The number of benzene rings is 2. The zero-order valence-corrected chi connectivity index (χ0v) is 25.7. The van der Waals surface area contributed by atoms with Gasteiger partial charge in [-0.2, -0.15) is 9.97 Å². The summed E-state index contributed by atoms with van der Waals surface area (Å²) in [5, 5.41) is 15.0. The number of fused-ring (bicyclic) bond motifs is 2. The Kier molecular flexibility index (Phi) is 6.34. The summed E-state index contributed by atoms with van der Waals surface area (Å²) in [4.78, 5) is 18.4. The lowest BCUT2D eigenvalue weighted by atomic mass is 9.61. The van der Waals surface area contributed by atoms with Crippen molar-refractivity contribution in [2.45, 2.75) is 49.9 Å². The van der Waals surface area contributed by atoms with Crippen molar-refractivity contribution in [3.63, 3.8) is 0 Å². The van der Waals surface area contributed by atoms with Gasteiger partial charge in [0.25, 0.3) is 0 Å². The minimum atomic E-state index is -0.927. The topological polar surface area (TPSA) is 95.9 Å². The largest absolute Gasteiger partial charge is 0.508 e. The quantitative estimate of drug-likeness (QED) is 0.300. The summed E-state index contributed by atoms with van der Waals surface area (Å²) in [5.74, 6) is 1.37. The van der Waals surface area contributed by atoms with E-state index in [4.69, 9.17) is 20.9 Å². The van der Waals surface area contributed by atoms with Crippen LogP contribution in [0, 0.1) is 29.4 Å². The molecule has 1 saturated carbocycles.